The lowest BCUT2D eigenvalue weighted by Crippen LogP contribution is -2.35. The van der Waals surface area contributed by atoms with E-state index in [0.717, 1.165) is 28.8 Å². The Bertz CT molecular complexity index is 734. The van der Waals surface area contributed by atoms with E-state index in [1.807, 2.05) is 20.8 Å². The molecule has 0 atom stereocenters. The number of sulfonamides is 1. The third kappa shape index (κ3) is 4.49. The van der Waals surface area contributed by atoms with Gasteiger partial charge in [0.05, 0.1) is 4.90 Å². The summed E-state index contributed by atoms with van der Waals surface area (Å²) in [5.74, 6) is -0.969. The zero-order chi connectivity index (χ0) is 16.6. The van der Waals surface area contributed by atoms with E-state index < -0.39 is 30.6 Å². The topological polar surface area (TPSA) is 71.5 Å². The molecule has 0 fully saturated rings. The first kappa shape index (κ1) is 18.1. The summed E-state index contributed by atoms with van der Waals surface area (Å²) in [5, 5.41) is 0. The van der Waals surface area contributed by atoms with Gasteiger partial charge in [0, 0.05) is 19.8 Å². The molecule has 0 aliphatic heterocycles. The molecule has 1 rings (SSSR count). The first-order chi connectivity index (χ1) is 9.25. The van der Waals surface area contributed by atoms with Gasteiger partial charge in [0.1, 0.15) is 10.7 Å². The van der Waals surface area contributed by atoms with Gasteiger partial charge in [-0.05, 0) is 23.6 Å². The van der Waals surface area contributed by atoms with Crippen LogP contribution in [-0.4, -0.2) is 41.0 Å². The number of hydrogen-bond donors (Lipinski definition) is 0. The normalized spacial score (nSPS) is 13.7. The average Bonchev–Trinajstić information content (AvgIpc) is 2.25. The molecule has 0 spiro atoms. The van der Waals surface area contributed by atoms with Crippen molar-refractivity contribution in [3.8, 4) is 0 Å². The molecule has 0 aliphatic rings. The zero-order valence-corrected chi connectivity index (χ0v) is 14.3. The number of benzene rings is 1. The van der Waals surface area contributed by atoms with Crippen molar-refractivity contribution in [2.45, 2.75) is 30.6 Å². The van der Waals surface area contributed by atoms with Crippen molar-refractivity contribution in [3.05, 3.63) is 24.0 Å². The SMILES string of the molecule is CN(CC(C)(C)C)S(=O)(=O)c1cc(S(C)(=O)=O)ccc1F. The van der Waals surface area contributed by atoms with Gasteiger partial charge in [-0.25, -0.2) is 25.5 Å². The van der Waals surface area contributed by atoms with Crippen LogP contribution in [-0.2, 0) is 19.9 Å². The summed E-state index contributed by atoms with van der Waals surface area (Å²) in [5.41, 5.74) is -0.313. The van der Waals surface area contributed by atoms with Crippen LogP contribution in [0.4, 0.5) is 4.39 Å². The van der Waals surface area contributed by atoms with Crippen molar-refractivity contribution < 1.29 is 21.2 Å². The molecular formula is C13H20FNO4S2. The Morgan fingerprint density at radius 3 is 2.10 bits per heavy atom. The Balaban J connectivity index is 3.38. The third-order valence-corrected chi connectivity index (χ3v) is 5.64. The minimum absolute atomic E-state index is 0.178. The fourth-order valence-corrected chi connectivity index (χ4v) is 4.04. The molecule has 0 aliphatic carbocycles. The molecule has 21 heavy (non-hydrogen) atoms. The molecule has 0 amide bonds. The van der Waals surface area contributed by atoms with Gasteiger partial charge < -0.3 is 0 Å². The van der Waals surface area contributed by atoms with Crippen molar-refractivity contribution in [1.82, 2.24) is 4.31 Å². The van der Waals surface area contributed by atoms with Crippen LogP contribution in [0.2, 0.25) is 0 Å². The van der Waals surface area contributed by atoms with E-state index in [1.54, 1.807) is 0 Å². The summed E-state index contributed by atoms with van der Waals surface area (Å²) < 4.78 is 62.7. The van der Waals surface area contributed by atoms with Crippen LogP contribution in [0, 0.1) is 11.2 Å². The third-order valence-electron chi connectivity index (χ3n) is 2.72. The quantitative estimate of drug-likeness (QED) is 0.787. The molecule has 0 radical (unpaired) electrons. The lowest BCUT2D eigenvalue weighted by atomic mass is 9.97. The highest BCUT2D eigenvalue weighted by atomic mass is 32.2. The molecule has 0 saturated carbocycles. The maximum Gasteiger partial charge on any atom is 0.245 e. The predicted molar refractivity (Wildman–Crippen MR) is 78.8 cm³/mol. The van der Waals surface area contributed by atoms with Gasteiger partial charge in [-0.3, -0.25) is 0 Å². The van der Waals surface area contributed by atoms with Crippen molar-refractivity contribution in [2.75, 3.05) is 19.8 Å². The van der Waals surface area contributed by atoms with E-state index in [0.29, 0.717) is 0 Å². The number of sulfone groups is 1. The van der Waals surface area contributed by atoms with Gasteiger partial charge in [0.15, 0.2) is 9.84 Å². The Labute approximate surface area is 125 Å². The summed E-state index contributed by atoms with van der Waals surface area (Å²) in [6.45, 7) is 5.73. The van der Waals surface area contributed by atoms with E-state index in [-0.39, 0.29) is 16.9 Å². The fourth-order valence-electron chi connectivity index (χ4n) is 1.83. The molecule has 120 valence electrons. The van der Waals surface area contributed by atoms with Gasteiger partial charge in [-0.2, -0.15) is 0 Å². The molecule has 0 bridgehead atoms. The van der Waals surface area contributed by atoms with E-state index in [1.165, 1.54) is 7.05 Å². The molecule has 5 nitrogen and oxygen atoms in total. The molecule has 0 N–H and O–H groups in total. The van der Waals surface area contributed by atoms with Gasteiger partial charge in [0.2, 0.25) is 10.0 Å². The summed E-state index contributed by atoms with van der Waals surface area (Å²) in [6, 6.07) is 2.76. The molecule has 0 saturated heterocycles. The Hall–Kier alpha value is -0.990. The molecule has 0 aromatic heterocycles. The first-order valence-electron chi connectivity index (χ1n) is 6.21. The smallest absolute Gasteiger partial charge is 0.224 e. The minimum Gasteiger partial charge on any atom is -0.224 e. The maximum absolute atomic E-state index is 13.8. The second kappa shape index (κ2) is 5.66. The van der Waals surface area contributed by atoms with Crippen molar-refractivity contribution >= 4 is 19.9 Å². The van der Waals surface area contributed by atoms with Gasteiger partial charge in [0.25, 0.3) is 0 Å². The van der Waals surface area contributed by atoms with E-state index in [9.17, 15) is 21.2 Å². The highest BCUT2D eigenvalue weighted by Gasteiger charge is 2.29. The standard InChI is InChI=1S/C13H20FNO4S2/c1-13(2,3)9-15(4)21(18,19)12-8-10(20(5,16)17)6-7-11(12)14/h6-8H,9H2,1-5H3. The van der Waals surface area contributed by atoms with Gasteiger partial charge >= 0.3 is 0 Å². The predicted octanol–water partition coefficient (Wildman–Crippen LogP) is 1.90. The number of rotatable bonds is 4. The van der Waals surface area contributed by atoms with Crippen molar-refractivity contribution in [3.63, 3.8) is 0 Å². The largest absolute Gasteiger partial charge is 0.245 e. The van der Waals surface area contributed by atoms with Crippen LogP contribution in [0.3, 0.4) is 0 Å². The van der Waals surface area contributed by atoms with E-state index >= 15 is 0 Å². The van der Waals surface area contributed by atoms with E-state index in [4.69, 9.17) is 0 Å². The Kier molecular flexibility index (Phi) is 4.87. The molecule has 1 aromatic carbocycles. The van der Waals surface area contributed by atoms with Crippen LogP contribution in [0.25, 0.3) is 0 Å². The summed E-state index contributed by atoms with van der Waals surface area (Å²) in [6.07, 6.45) is 0.940. The zero-order valence-electron chi connectivity index (χ0n) is 12.7. The highest BCUT2D eigenvalue weighted by Crippen LogP contribution is 2.25. The lowest BCUT2D eigenvalue weighted by Gasteiger charge is -2.26. The van der Waals surface area contributed by atoms with Gasteiger partial charge in [-0.1, -0.05) is 20.8 Å². The lowest BCUT2D eigenvalue weighted by molar-refractivity contribution is 0.310. The summed E-state index contributed by atoms with van der Waals surface area (Å²) in [4.78, 5) is -0.858. The highest BCUT2D eigenvalue weighted by molar-refractivity contribution is 7.91. The maximum atomic E-state index is 13.8. The van der Waals surface area contributed by atoms with Crippen LogP contribution in [0.15, 0.2) is 28.0 Å². The van der Waals surface area contributed by atoms with Crippen molar-refractivity contribution in [1.29, 1.82) is 0 Å². The van der Waals surface area contributed by atoms with Crippen LogP contribution in [0.1, 0.15) is 20.8 Å². The van der Waals surface area contributed by atoms with Crippen molar-refractivity contribution in [2.24, 2.45) is 5.41 Å². The van der Waals surface area contributed by atoms with Crippen LogP contribution in [0.5, 0.6) is 0 Å². The number of halogens is 1. The summed E-state index contributed by atoms with van der Waals surface area (Å²) >= 11 is 0. The van der Waals surface area contributed by atoms with Crippen LogP contribution >= 0.6 is 0 Å². The minimum atomic E-state index is -4.09. The molecule has 0 heterocycles. The first-order valence-corrected chi connectivity index (χ1v) is 9.54. The fraction of sp³-hybridized carbons (Fsp3) is 0.538. The number of nitrogens with zero attached hydrogens (tertiary/aromatic N) is 1. The van der Waals surface area contributed by atoms with E-state index in [2.05, 4.69) is 0 Å². The second-order valence-electron chi connectivity index (χ2n) is 6.19. The molecule has 1 aromatic rings. The summed E-state index contributed by atoms with van der Waals surface area (Å²) in [7, 11) is -6.36. The van der Waals surface area contributed by atoms with Crippen LogP contribution < -0.4 is 0 Å². The Morgan fingerprint density at radius 1 is 1.14 bits per heavy atom. The average molecular weight is 337 g/mol. The molecule has 0 unspecified atom stereocenters. The number of hydrogen-bond acceptors (Lipinski definition) is 4. The monoisotopic (exact) mass is 337 g/mol. The molecular weight excluding hydrogens is 317 g/mol. The second-order valence-corrected chi connectivity index (χ2v) is 10.2. The molecule has 8 heteroatoms. The Morgan fingerprint density at radius 2 is 1.67 bits per heavy atom. The van der Waals surface area contributed by atoms with Gasteiger partial charge in [-0.15, -0.1) is 0 Å².